The highest BCUT2D eigenvalue weighted by Crippen LogP contribution is 2.24. The maximum atomic E-state index is 12.7. The molecular weight excluding hydrogens is 466 g/mol. The van der Waals surface area contributed by atoms with Crippen LogP contribution in [-0.4, -0.2) is 40.1 Å². The van der Waals surface area contributed by atoms with Gasteiger partial charge in [0.15, 0.2) is 5.76 Å². The van der Waals surface area contributed by atoms with Crippen molar-refractivity contribution in [3.8, 4) is 0 Å². The summed E-state index contributed by atoms with van der Waals surface area (Å²) in [6.45, 7) is 0.854. The van der Waals surface area contributed by atoms with Gasteiger partial charge in [0.1, 0.15) is 0 Å². The van der Waals surface area contributed by atoms with E-state index in [-0.39, 0.29) is 21.4 Å². The summed E-state index contributed by atoms with van der Waals surface area (Å²) in [7, 11) is -7.58. The van der Waals surface area contributed by atoms with Crippen LogP contribution in [0.2, 0.25) is 0 Å². The van der Waals surface area contributed by atoms with Crippen LogP contribution < -0.4 is 10.0 Å². The summed E-state index contributed by atoms with van der Waals surface area (Å²) in [6, 6.07) is 16.6. The Labute approximate surface area is 192 Å². The lowest BCUT2D eigenvalue weighted by Crippen LogP contribution is -2.35. The topological polar surface area (TPSA) is 126 Å². The van der Waals surface area contributed by atoms with E-state index in [0.29, 0.717) is 18.8 Å². The number of furan rings is 1. The normalized spacial score (nSPS) is 15.2. The lowest BCUT2D eigenvalue weighted by atomic mass is 10.2. The highest BCUT2D eigenvalue weighted by molar-refractivity contribution is 7.92. The number of carbonyl (C=O) groups excluding carboxylic acids is 1. The molecule has 1 aliphatic rings. The van der Waals surface area contributed by atoms with Crippen molar-refractivity contribution in [2.24, 2.45) is 0 Å². The Morgan fingerprint density at radius 1 is 0.818 bits per heavy atom. The Hall–Kier alpha value is -3.15. The Kier molecular flexibility index (Phi) is 6.54. The van der Waals surface area contributed by atoms with Crippen molar-refractivity contribution in [3.63, 3.8) is 0 Å². The van der Waals surface area contributed by atoms with Crippen LogP contribution >= 0.6 is 0 Å². The summed E-state index contributed by atoms with van der Waals surface area (Å²) in [5.41, 5.74) is 0.564. The Bertz CT molecular complexity index is 1350. The summed E-state index contributed by atoms with van der Waals surface area (Å²) in [5.74, 6) is -0.820. The molecule has 0 spiro atoms. The van der Waals surface area contributed by atoms with Crippen LogP contribution in [0.25, 0.3) is 0 Å². The van der Waals surface area contributed by atoms with E-state index < -0.39 is 26.0 Å². The van der Waals surface area contributed by atoms with Crippen molar-refractivity contribution in [2.45, 2.75) is 29.3 Å². The summed E-state index contributed by atoms with van der Waals surface area (Å²) in [6.07, 6.45) is 2.56. The third-order valence-corrected chi connectivity index (χ3v) is 8.31. The number of nitrogens with zero attached hydrogens (tertiary/aromatic N) is 1. The molecule has 0 radical (unpaired) electrons. The number of rotatable bonds is 7. The smallest absolute Gasteiger partial charge is 0.291 e. The van der Waals surface area contributed by atoms with Gasteiger partial charge in [0.2, 0.25) is 5.09 Å². The number of anilines is 2. The molecule has 11 heteroatoms. The number of amides is 1. The molecule has 1 fully saturated rings. The van der Waals surface area contributed by atoms with E-state index in [1.807, 2.05) is 0 Å². The fraction of sp³-hybridized carbons (Fsp3) is 0.227. The largest absolute Gasteiger partial charge is 0.438 e. The average molecular weight is 490 g/mol. The fourth-order valence-electron chi connectivity index (χ4n) is 3.48. The Morgan fingerprint density at radius 3 is 2.24 bits per heavy atom. The van der Waals surface area contributed by atoms with Gasteiger partial charge in [-0.15, -0.1) is 0 Å². The summed E-state index contributed by atoms with van der Waals surface area (Å²) in [4.78, 5) is 12.7. The minimum Gasteiger partial charge on any atom is -0.438 e. The zero-order chi connectivity index (χ0) is 23.5. The predicted molar refractivity (Wildman–Crippen MR) is 123 cm³/mol. The number of sulfonamides is 2. The third-order valence-electron chi connectivity index (χ3n) is 5.14. The minimum absolute atomic E-state index is 0.109. The minimum atomic E-state index is -3.79. The van der Waals surface area contributed by atoms with Crippen LogP contribution in [0.15, 0.2) is 81.1 Å². The zero-order valence-corrected chi connectivity index (χ0v) is 19.2. The molecule has 0 bridgehead atoms. The second-order valence-corrected chi connectivity index (χ2v) is 11.1. The van der Waals surface area contributed by atoms with Crippen LogP contribution in [0, 0.1) is 0 Å². The SMILES string of the molecule is O=C(Nc1cccc(NS(=O)(=O)c2ccccc2)c1)c1ccc(S(=O)(=O)N2CCCCC2)o1. The fourth-order valence-corrected chi connectivity index (χ4v) is 5.98. The number of piperidine rings is 1. The maximum absolute atomic E-state index is 12.7. The first-order chi connectivity index (χ1) is 15.8. The Morgan fingerprint density at radius 2 is 1.52 bits per heavy atom. The van der Waals surface area contributed by atoms with E-state index in [0.717, 1.165) is 19.3 Å². The van der Waals surface area contributed by atoms with Crippen LogP contribution in [-0.2, 0) is 20.0 Å². The van der Waals surface area contributed by atoms with Gasteiger partial charge in [0.05, 0.1) is 10.6 Å². The number of carbonyl (C=O) groups is 1. The molecule has 33 heavy (non-hydrogen) atoms. The molecule has 4 rings (SSSR count). The van der Waals surface area contributed by atoms with Gasteiger partial charge in [-0.3, -0.25) is 9.52 Å². The molecule has 2 N–H and O–H groups in total. The maximum Gasteiger partial charge on any atom is 0.291 e. The van der Waals surface area contributed by atoms with Gasteiger partial charge in [0, 0.05) is 18.8 Å². The molecule has 1 aromatic heterocycles. The van der Waals surface area contributed by atoms with Crippen LogP contribution in [0.1, 0.15) is 29.8 Å². The van der Waals surface area contributed by atoms with Crippen molar-refractivity contribution >= 4 is 37.3 Å². The van der Waals surface area contributed by atoms with Gasteiger partial charge in [-0.2, -0.15) is 4.31 Å². The first kappa shape index (κ1) is 23.0. The van der Waals surface area contributed by atoms with Crippen LogP contribution in [0.3, 0.4) is 0 Å². The molecule has 0 atom stereocenters. The standard InChI is InChI=1S/C22H23N3O6S2/c26-22(20-12-13-21(31-20)33(29,30)25-14-5-2-6-15-25)23-17-8-7-9-18(16-17)24-32(27,28)19-10-3-1-4-11-19/h1,3-4,7-13,16,24H,2,5-6,14-15H2,(H,23,26). The predicted octanol–water partition coefficient (Wildman–Crippen LogP) is 3.51. The molecule has 2 aromatic carbocycles. The quantitative estimate of drug-likeness (QED) is 0.523. The molecule has 0 saturated carbocycles. The number of benzene rings is 2. The van der Waals surface area contributed by atoms with Gasteiger partial charge in [-0.1, -0.05) is 30.7 Å². The van der Waals surface area contributed by atoms with Crippen molar-refractivity contribution in [1.82, 2.24) is 4.31 Å². The van der Waals surface area contributed by atoms with Gasteiger partial charge in [0.25, 0.3) is 26.0 Å². The van der Waals surface area contributed by atoms with Gasteiger partial charge >= 0.3 is 0 Å². The highest BCUT2D eigenvalue weighted by Gasteiger charge is 2.29. The lowest BCUT2D eigenvalue weighted by molar-refractivity contribution is 0.0991. The van der Waals surface area contributed by atoms with E-state index in [1.54, 1.807) is 36.4 Å². The van der Waals surface area contributed by atoms with E-state index in [9.17, 15) is 21.6 Å². The molecule has 1 amide bonds. The van der Waals surface area contributed by atoms with Gasteiger partial charge in [-0.05, 0) is 55.3 Å². The number of hydrogen-bond donors (Lipinski definition) is 2. The molecule has 3 aromatic rings. The van der Waals surface area contributed by atoms with Crippen LogP contribution in [0.5, 0.6) is 0 Å². The monoisotopic (exact) mass is 489 g/mol. The molecular formula is C22H23N3O6S2. The highest BCUT2D eigenvalue weighted by atomic mass is 32.2. The zero-order valence-electron chi connectivity index (χ0n) is 17.6. The first-order valence-corrected chi connectivity index (χ1v) is 13.3. The summed E-state index contributed by atoms with van der Waals surface area (Å²) < 4.78 is 59.6. The molecule has 9 nitrogen and oxygen atoms in total. The molecule has 0 aliphatic carbocycles. The third kappa shape index (κ3) is 5.27. The van der Waals surface area contributed by atoms with Crippen molar-refractivity contribution in [1.29, 1.82) is 0 Å². The van der Waals surface area contributed by atoms with E-state index >= 15 is 0 Å². The molecule has 0 unspecified atom stereocenters. The Balaban J connectivity index is 1.46. The van der Waals surface area contributed by atoms with Crippen molar-refractivity contribution in [3.05, 3.63) is 72.5 Å². The summed E-state index contributed by atoms with van der Waals surface area (Å²) in [5, 5.41) is 2.31. The van der Waals surface area contributed by atoms with Crippen molar-refractivity contribution in [2.75, 3.05) is 23.1 Å². The molecule has 174 valence electrons. The van der Waals surface area contributed by atoms with E-state index in [2.05, 4.69) is 10.0 Å². The van der Waals surface area contributed by atoms with E-state index in [1.165, 1.54) is 34.6 Å². The molecule has 1 aliphatic heterocycles. The molecule has 1 saturated heterocycles. The van der Waals surface area contributed by atoms with Gasteiger partial charge < -0.3 is 9.73 Å². The van der Waals surface area contributed by atoms with Crippen LogP contribution in [0.4, 0.5) is 11.4 Å². The van der Waals surface area contributed by atoms with Crippen molar-refractivity contribution < 1.29 is 26.0 Å². The molecule has 2 heterocycles. The second-order valence-electron chi connectivity index (χ2n) is 7.54. The van der Waals surface area contributed by atoms with Gasteiger partial charge in [-0.25, -0.2) is 16.8 Å². The van der Waals surface area contributed by atoms with E-state index in [4.69, 9.17) is 4.42 Å². The number of hydrogen-bond acceptors (Lipinski definition) is 6. The first-order valence-electron chi connectivity index (χ1n) is 10.3. The lowest BCUT2D eigenvalue weighted by Gasteiger charge is -2.24. The summed E-state index contributed by atoms with van der Waals surface area (Å²) >= 11 is 0. The number of nitrogens with one attached hydrogen (secondary N) is 2. The average Bonchev–Trinajstić information content (AvgIpc) is 3.32. The second kappa shape index (κ2) is 9.38.